The number of rotatable bonds is 9. The lowest BCUT2D eigenvalue weighted by Gasteiger charge is -2.27. The van der Waals surface area contributed by atoms with Crippen LogP contribution in [0.1, 0.15) is 67.2 Å². The fourth-order valence-corrected chi connectivity index (χ4v) is 5.42. The summed E-state index contributed by atoms with van der Waals surface area (Å²) in [4.78, 5) is 51.9. The molecule has 2 aliphatic heterocycles. The minimum Gasteiger partial charge on any atom is -0.467 e. The summed E-state index contributed by atoms with van der Waals surface area (Å²) in [5.74, 6) is -1.82. The van der Waals surface area contributed by atoms with Crippen LogP contribution in [-0.2, 0) is 42.8 Å². The molecule has 0 aromatic carbocycles. The minimum atomic E-state index is -4.04. The number of aliphatic hydroxyl groups is 1. The number of amides is 2. The maximum atomic E-state index is 12.5. The Kier molecular flexibility index (Phi) is 11.2. The molecule has 15 heteroatoms. The second kappa shape index (κ2) is 13.3. The summed E-state index contributed by atoms with van der Waals surface area (Å²) in [5.41, 5.74) is -1.60. The number of unbranched alkanes of at least 4 members (excludes halogenated alkanes) is 1. The lowest BCUT2D eigenvalue weighted by molar-refractivity contribution is -0.149. The second-order valence-corrected chi connectivity index (χ2v) is 13.5. The van der Waals surface area contributed by atoms with E-state index in [-0.39, 0.29) is 51.1 Å². The second-order valence-electron chi connectivity index (χ2n) is 11.8. The van der Waals surface area contributed by atoms with E-state index in [1.807, 2.05) is 0 Å². The van der Waals surface area contributed by atoms with Crippen molar-refractivity contribution < 1.29 is 55.8 Å². The number of methoxy groups -OCH3 is 1. The first-order valence-corrected chi connectivity index (χ1v) is 14.7. The molecule has 2 rings (SSSR count). The first-order chi connectivity index (χ1) is 18.3. The minimum absolute atomic E-state index is 0.00850. The summed E-state index contributed by atoms with van der Waals surface area (Å²) >= 11 is 0. The molecule has 2 fully saturated rings. The van der Waals surface area contributed by atoms with Crippen molar-refractivity contribution >= 4 is 34.2 Å². The number of nitrogens with zero attached hydrogens (tertiary/aromatic N) is 2. The Morgan fingerprint density at radius 1 is 0.825 bits per heavy atom. The molecule has 40 heavy (non-hydrogen) atoms. The fourth-order valence-electron chi connectivity index (χ4n) is 4.21. The molecule has 1 N–H and O–H groups in total. The van der Waals surface area contributed by atoms with Crippen molar-refractivity contribution in [2.45, 2.75) is 103 Å². The highest BCUT2D eigenvalue weighted by Gasteiger charge is 2.44. The molecule has 0 aliphatic carbocycles. The molecule has 0 saturated carbocycles. The lowest BCUT2D eigenvalue weighted by Crippen LogP contribution is -2.44. The maximum Gasteiger partial charge on any atom is 0.411 e. The van der Waals surface area contributed by atoms with E-state index in [9.17, 15) is 32.7 Å². The van der Waals surface area contributed by atoms with Gasteiger partial charge in [0.05, 0.1) is 44.8 Å². The quantitative estimate of drug-likeness (QED) is 0.177. The van der Waals surface area contributed by atoms with E-state index in [1.165, 1.54) is 0 Å². The average molecular weight is 595 g/mol. The van der Waals surface area contributed by atoms with Gasteiger partial charge in [-0.05, 0) is 54.4 Å². The van der Waals surface area contributed by atoms with Crippen LogP contribution in [0.25, 0.3) is 0 Å². The molecule has 0 unspecified atom stereocenters. The lowest BCUT2D eigenvalue weighted by atomic mass is 10.2. The number of hydrogen-bond donors (Lipinski definition) is 1. The van der Waals surface area contributed by atoms with Crippen LogP contribution in [0.4, 0.5) is 9.59 Å². The number of hydrogen-bond acceptors (Lipinski definition) is 12. The Hall–Kier alpha value is -2.65. The summed E-state index contributed by atoms with van der Waals surface area (Å²) < 4.78 is 50.9. The van der Waals surface area contributed by atoms with Crippen LogP contribution >= 0.6 is 0 Å². The molecule has 0 aromatic rings. The van der Waals surface area contributed by atoms with Crippen molar-refractivity contribution in [2.75, 3.05) is 32.6 Å². The maximum absolute atomic E-state index is 12.5. The number of carbonyl (C=O) groups is 4. The highest BCUT2D eigenvalue weighted by Crippen LogP contribution is 2.26. The zero-order valence-corrected chi connectivity index (χ0v) is 25.0. The average Bonchev–Trinajstić information content (AvgIpc) is 3.39. The van der Waals surface area contributed by atoms with Gasteiger partial charge in [-0.2, -0.15) is 8.42 Å². The van der Waals surface area contributed by atoms with Gasteiger partial charge < -0.3 is 24.1 Å². The standard InChI is InChI=1S/C25H42N2O12S/c1-24(2,3)37-22(31)26-14-16(28)12-18(26)21(30)36-10-8-9-11-40(33,34)39-17-13-19(20(29)35-7)27(15-17)23(32)38-25(4,5)6/h16-19,28H,8-15H2,1-7H3/t16-,17-,18+,19+/m1/s1. The Bertz CT molecular complexity index is 1030. The highest BCUT2D eigenvalue weighted by molar-refractivity contribution is 7.86. The van der Waals surface area contributed by atoms with Gasteiger partial charge in [-0.3, -0.25) is 14.0 Å². The van der Waals surface area contributed by atoms with Gasteiger partial charge >= 0.3 is 24.1 Å². The van der Waals surface area contributed by atoms with Gasteiger partial charge in [0.25, 0.3) is 10.1 Å². The van der Waals surface area contributed by atoms with Crippen LogP contribution in [0.3, 0.4) is 0 Å². The highest BCUT2D eigenvalue weighted by atomic mass is 32.2. The van der Waals surface area contributed by atoms with Crippen LogP contribution in [0, 0.1) is 0 Å². The van der Waals surface area contributed by atoms with E-state index in [4.69, 9.17) is 23.1 Å². The predicted octanol–water partition coefficient (Wildman–Crippen LogP) is 1.58. The molecule has 2 saturated heterocycles. The number of carbonyl (C=O) groups excluding carboxylic acids is 4. The largest absolute Gasteiger partial charge is 0.467 e. The van der Waals surface area contributed by atoms with E-state index >= 15 is 0 Å². The number of β-amino-alcohol motifs (C(OH)–C–C–N with tert-alkyl or cyclic N) is 1. The summed E-state index contributed by atoms with van der Waals surface area (Å²) in [7, 11) is -2.88. The monoisotopic (exact) mass is 594 g/mol. The van der Waals surface area contributed by atoms with Gasteiger partial charge in [-0.15, -0.1) is 0 Å². The number of likely N-dealkylation sites (tertiary alicyclic amines) is 2. The van der Waals surface area contributed by atoms with Gasteiger partial charge in [-0.1, -0.05) is 0 Å². The van der Waals surface area contributed by atoms with Gasteiger partial charge in [0.15, 0.2) is 0 Å². The number of aliphatic hydroxyl groups excluding tert-OH is 1. The number of esters is 2. The third-order valence-corrected chi connectivity index (χ3v) is 7.21. The molecule has 2 heterocycles. The van der Waals surface area contributed by atoms with Crippen molar-refractivity contribution in [1.82, 2.24) is 9.80 Å². The molecular formula is C25H42N2O12S. The van der Waals surface area contributed by atoms with Crippen molar-refractivity contribution in [3.63, 3.8) is 0 Å². The third-order valence-electron chi connectivity index (χ3n) is 5.86. The zero-order valence-electron chi connectivity index (χ0n) is 24.2. The van der Waals surface area contributed by atoms with E-state index < -0.39 is 69.7 Å². The first kappa shape index (κ1) is 33.6. The summed E-state index contributed by atoms with van der Waals surface area (Å²) in [5, 5.41) is 9.95. The molecule has 0 radical (unpaired) electrons. The van der Waals surface area contributed by atoms with Gasteiger partial charge in [0, 0.05) is 12.8 Å². The van der Waals surface area contributed by atoms with Crippen molar-refractivity contribution in [3.8, 4) is 0 Å². The van der Waals surface area contributed by atoms with Crippen LogP contribution in [0.5, 0.6) is 0 Å². The number of ether oxygens (including phenoxy) is 4. The van der Waals surface area contributed by atoms with Crippen LogP contribution in [0.2, 0.25) is 0 Å². The van der Waals surface area contributed by atoms with Gasteiger partial charge in [0.2, 0.25) is 0 Å². The third kappa shape index (κ3) is 10.4. The molecule has 2 aliphatic rings. The zero-order chi connectivity index (χ0) is 30.5. The molecular weight excluding hydrogens is 552 g/mol. The summed E-state index contributed by atoms with van der Waals surface area (Å²) in [6.45, 7) is 9.70. The fraction of sp³-hybridized carbons (Fsp3) is 0.840. The Balaban J connectivity index is 1.83. The van der Waals surface area contributed by atoms with Crippen molar-refractivity contribution in [3.05, 3.63) is 0 Å². The van der Waals surface area contributed by atoms with Crippen molar-refractivity contribution in [1.29, 1.82) is 0 Å². The van der Waals surface area contributed by atoms with Gasteiger partial charge in [0.1, 0.15) is 23.3 Å². The Morgan fingerprint density at radius 2 is 1.35 bits per heavy atom. The van der Waals surface area contributed by atoms with Crippen LogP contribution < -0.4 is 0 Å². The van der Waals surface area contributed by atoms with E-state index in [0.29, 0.717) is 0 Å². The molecule has 2 amide bonds. The predicted molar refractivity (Wildman–Crippen MR) is 140 cm³/mol. The molecule has 0 spiro atoms. The van der Waals surface area contributed by atoms with Crippen LogP contribution in [0.15, 0.2) is 0 Å². The van der Waals surface area contributed by atoms with E-state index in [0.717, 1.165) is 16.9 Å². The summed E-state index contributed by atoms with van der Waals surface area (Å²) in [6.07, 6.45) is -3.16. The van der Waals surface area contributed by atoms with Gasteiger partial charge in [-0.25, -0.2) is 19.2 Å². The topological polar surface area (TPSA) is 175 Å². The Morgan fingerprint density at radius 3 is 1.88 bits per heavy atom. The smallest absolute Gasteiger partial charge is 0.411 e. The normalized spacial score (nSPS) is 23.6. The van der Waals surface area contributed by atoms with E-state index in [1.54, 1.807) is 41.5 Å². The Labute approximate surface area is 235 Å². The summed E-state index contributed by atoms with van der Waals surface area (Å²) in [6, 6.07) is -2.05. The molecule has 4 atom stereocenters. The van der Waals surface area contributed by atoms with Crippen molar-refractivity contribution in [2.24, 2.45) is 0 Å². The SMILES string of the molecule is COC(=O)[C@@H]1C[C@@H](OS(=O)(=O)CCCCOC(=O)[C@@H]2C[C@@H](O)CN2C(=O)OC(C)(C)C)CN1C(=O)OC(C)(C)C. The molecule has 0 bridgehead atoms. The first-order valence-electron chi connectivity index (χ1n) is 13.1. The molecule has 230 valence electrons. The van der Waals surface area contributed by atoms with E-state index in [2.05, 4.69) is 0 Å². The van der Waals surface area contributed by atoms with Crippen LogP contribution in [-0.4, -0.2) is 116 Å². The molecule has 0 aromatic heterocycles. The molecule has 14 nitrogen and oxygen atoms in total.